The molecule has 154 valence electrons. The number of phenolic OH excluding ortho intramolecular Hbond substituents is 1. The average molecular weight is 409 g/mol. The zero-order chi connectivity index (χ0) is 20.6. The first-order chi connectivity index (χ1) is 13.1. The molecule has 2 heterocycles. The van der Waals surface area contributed by atoms with E-state index < -0.39 is 20.2 Å². The van der Waals surface area contributed by atoms with Crippen LogP contribution in [0.4, 0.5) is 5.69 Å². The number of fused-ring (bicyclic) bond motifs is 2. The van der Waals surface area contributed by atoms with E-state index in [1.807, 2.05) is 0 Å². The summed E-state index contributed by atoms with van der Waals surface area (Å²) in [5.41, 5.74) is 0.540. The fourth-order valence-corrected chi connectivity index (χ4v) is 4.27. The van der Waals surface area contributed by atoms with Gasteiger partial charge >= 0.3 is 0 Å². The molecule has 0 unspecified atom stereocenters. The predicted octanol–water partition coefficient (Wildman–Crippen LogP) is 1.64. The molecule has 1 saturated heterocycles. The summed E-state index contributed by atoms with van der Waals surface area (Å²) >= 11 is 0. The second-order valence-corrected chi connectivity index (χ2v) is 14.1. The van der Waals surface area contributed by atoms with Gasteiger partial charge in [-0.05, 0) is 12.1 Å². The van der Waals surface area contributed by atoms with E-state index in [0.29, 0.717) is 12.3 Å². The van der Waals surface area contributed by atoms with Crippen molar-refractivity contribution >= 4 is 25.6 Å². The van der Waals surface area contributed by atoms with Gasteiger partial charge in [0.05, 0.1) is 24.5 Å². The minimum absolute atomic E-state index is 0.0181. The van der Waals surface area contributed by atoms with Crippen LogP contribution < -0.4 is 9.64 Å². The van der Waals surface area contributed by atoms with Gasteiger partial charge in [0.1, 0.15) is 12.8 Å². The van der Waals surface area contributed by atoms with E-state index >= 15 is 0 Å². The van der Waals surface area contributed by atoms with E-state index in [2.05, 4.69) is 19.6 Å². The number of hydrogen-bond acceptors (Lipinski definition) is 6. The largest absolute Gasteiger partial charge is 0.504 e. The minimum Gasteiger partial charge on any atom is -0.504 e. The number of nitrogens with zero attached hydrogens (tertiary/aromatic N) is 2. The molecule has 1 fully saturated rings. The highest BCUT2D eigenvalue weighted by molar-refractivity contribution is 6.76. The van der Waals surface area contributed by atoms with Crippen LogP contribution in [0, 0.1) is 0 Å². The van der Waals surface area contributed by atoms with Gasteiger partial charge < -0.3 is 24.6 Å². The van der Waals surface area contributed by atoms with Crippen LogP contribution in [-0.2, 0) is 9.53 Å². The number of aliphatic hydroxyl groups excluding tert-OH is 1. The Morgan fingerprint density at radius 2 is 1.96 bits per heavy atom. The van der Waals surface area contributed by atoms with Crippen LogP contribution in [0.5, 0.6) is 11.5 Å². The van der Waals surface area contributed by atoms with E-state index in [4.69, 9.17) is 9.47 Å². The third-order valence-corrected chi connectivity index (χ3v) is 6.83. The Morgan fingerprint density at radius 1 is 1.25 bits per heavy atom. The standard InChI is InChI=1S/C19H28N2O6Si/c1-26-17-8-13-14(9-16(17)23)21(11-27-5-6-28(2,3)4)19(25)15-7-12(22)10-20(15)18(13)24/h8-9,12,15,22-23H,5-7,10-11H2,1-4H3/t12-,15+/m1/s1. The van der Waals surface area contributed by atoms with Crippen LogP contribution in [0.2, 0.25) is 25.7 Å². The predicted molar refractivity (Wildman–Crippen MR) is 107 cm³/mol. The fraction of sp³-hybridized carbons (Fsp3) is 0.579. The first kappa shape index (κ1) is 20.6. The Bertz CT molecular complexity index is 778. The van der Waals surface area contributed by atoms with Crippen molar-refractivity contribution < 1.29 is 29.3 Å². The Kier molecular flexibility index (Phi) is 5.69. The molecule has 2 N–H and O–H groups in total. The summed E-state index contributed by atoms with van der Waals surface area (Å²) in [6.45, 7) is 7.32. The number of ether oxygens (including phenoxy) is 2. The van der Waals surface area contributed by atoms with E-state index in [0.717, 1.165) is 6.04 Å². The number of aliphatic hydroxyl groups is 1. The molecule has 1 aromatic carbocycles. The second kappa shape index (κ2) is 7.73. The zero-order valence-corrected chi connectivity index (χ0v) is 17.8. The van der Waals surface area contributed by atoms with Crippen molar-refractivity contribution in [2.75, 3.05) is 31.9 Å². The molecule has 9 heteroatoms. The normalized spacial score (nSPS) is 22.2. The highest BCUT2D eigenvalue weighted by Crippen LogP contribution is 2.39. The fourth-order valence-electron chi connectivity index (χ4n) is 3.51. The lowest BCUT2D eigenvalue weighted by Gasteiger charge is -2.26. The highest BCUT2D eigenvalue weighted by Gasteiger charge is 2.45. The van der Waals surface area contributed by atoms with Crippen molar-refractivity contribution in [2.45, 2.75) is 44.3 Å². The Morgan fingerprint density at radius 3 is 2.61 bits per heavy atom. The van der Waals surface area contributed by atoms with E-state index in [1.54, 1.807) is 0 Å². The maximum atomic E-state index is 13.2. The van der Waals surface area contributed by atoms with Crippen LogP contribution in [-0.4, -0.2) is 74.1 Å². The first-order valence-corrected chi connectivity index (χ1v) is 13.1. The number of methoxy groups -OCH3 is 1. The number of aromatic hydroxyl groups is 1. The smallest absolute Gasteiger partial charge is 0.256 e. The number of phenols is 1. The minimum atomic E-state index is -1.29. The molecule has 2 amide bonds. The summed E-state index contributed by atoms with van der Waals surface area (Å²) in [7, 11) is 0.110. The molecule has 0 aromatic heterocycles. The van der Waals surface area contributed by atoms with Gasteiger partial charge in [-0.15, -0.1) is 0 Å². The van der Waals surface area contributed by atoms with Crippen LogP contribution in [0.15, 0.2) is 12.1 Å². The van der Waals surface area contributed by atoms with Crippen molar-refractivity contribution in [1.29, 1.82) is 0 Å². The number of benzene rings is 1. The summed E-state index contributed by atoms with van der Waals surface area (Å²) < 4.78 is 10.9. The van der Waals surface area contributed by atoms with Crippen LogP contribution in [0.1, 0.15) is 16.8 Å². The van der Waals surface area contributed by atoms with Gasteiger partial charge in [-0.1, -0.05) is 19.6 Å². The Hall–Kier alpha value is -2.10. The summed E-state index contributed by atoms with van der Waals surface area (Å²) in [6.07, 6.45) is -0.555. The lowest BCUT2D eigenvalue weighted by molar-refractivity contribution is -0.123. The number of carbonyl (C=O) groups is 2. The van der Waals surface area contributed by atoms with Gasteiger partial charge in [0, 0.05) is 33.7 Å². The van der Waals surface area contributed by atoms with Crippen molar-refractivity contribution in [3.8, 4) is 11.5 Å². The third kappa shape index (κ3) is 4.01. The quantitative estimate of drug-likeness (QED) is 0.548. The van der Waals surface area contributed by atoms with Crippen molar-refractivity contribution in [3.63, 3.8) is 0 Å². The lowest BCUT2D eigenvalue weighted by Crippen LogP contribution is -2.45. The SMILES string of the molecule is COc1cc2c(cc1O)N(COCC[Si](C)(C)C)C(=O)[C@@H]1C[C@@H](O)CN1C2=O. The van der Waals surface area contributed by atoms with E-state index in [-0.39, 0.29) is 48.6 Å². The summed E-state index contributed by atoms with van der Waals surface area (Å²) in [5, 5.41) is 20.2. The summed E-state index contributed by atoms with van der Waals surface area (Å²) in [5.74, 6) is -0.692. The van der Waals surface area contributed by atoms with Gasteiger partial charge in [-0.3, -0.25) is 14.5 Å². The Labute approximate surface area is 165 Å². The molecule has 8 nitrogen and oxygen atoms in total. The molecule has 2 aliphatic heterocycles. The van der Waals surface area contributed by atoms with Gasteiger partial charge in [-0.2, -0.15) is 0 Å². The highest BCUT2D eigenvalue weighted by atomic mass is 28.3. The third-order valence-electron chi connectivity index (χ3n) is 5.13. The maximum Gasteiger partial charge on any atom is 0.256 e. The summed E-state index contributed by atoms with van der Waals surface area (Å²) in [6, 6.07) is 3.00. The van der Waals surface area contributed by atoms with Crippen LogP contribution >= 0.6 is 0 Å². The lowest BCUT2D eigenvalue weighted by atomic mass is 10.1. The van der Waals surface area contributed by atoms with Crippen molar-refractivity contribution in [3.05, 3.63) is 17.7 Å². The van der Waals surface area contributed by atoms with Crippen molar-refractivity contribution in [2.24, 2.45) is 0 Å². The van der Waals surface area contributed by atoms with Crippen LogP contribution in [0.3, 0.4) is 0 Å². The number of amides is 2. The van der Waals surface area contributed by atoms with Gasteiger partial charge in [0.25, 0.3) is 11.8 Å². The molecule has 1 aromatic rings. The number of anilines is 1. The number of hydrogen-bond donors (Lipinski definition) is 2. The van der Waals surface area contributed by atoms with Gasteiger partial charge in [0.15, 0.2) is 11.5 Å². The zero-order valence-electron chi connectivity index (χ0n) is 16.8. The molecule has 0 bridgehead atoms. The first-order valence-electron chi connectivity index (χ1n) is 9.41. The molecule has 0 radical (unpaired) electrons. The molecular weight excluding hydrogens is 380 g/mol. The average Bonchev–Trinajstić information content (AvgIpc) is 2.98. The van der Waals surface area contributed by atoms with E-state index in [1.165, 1.54) is 29.0 Å². The topological polar surface area (TPSA) is 99.5 Å². The summed E-state index contributed by atoms with van der Waals surface area (Å²) in [4.78, 5) is 29.0. The van der Waals surface area contributed by atoms with E-state index in [9.17, 15) is 19.8 Å². The molecular formula is C19H28N2O6Si. The maximum absolute atomic E-state index is 13.2. The van der Waals surface area contributed by atoms with Crippen LogP contribution in [0.25, 0.3) is 0 Å². The Balaban J connectivity index is 1.95. The second-order valence-electron chi connectivity index (χ2n) is 8.52. The number of carbonyl (C=O) groups excluding carboxylic acids is 2. The molecule has 3 rings (SSSR count). The van der Waals surface area contributed by atoms with Gasteiger partial charge in [0.2, 0.25) is 0 Å². The monoisotopic (exact) mass is 408 g/mol. The number of rotatable bonds is 6. The molecule has 28 heavy (non-hydrogen) atoms. The molecule has 2 atom stereocenters. The molecule has 0 aliphatic carbocycles. The van der Waals surface area contributed by atoms with Crippen molar-refractivity contribution in [1.82, 2.24) is 4.90 Å². The van der Waals surface area contributed by atoms with Gasteiger partial charge in [-0.25, -0.2) is 0 Å². The molecule has 0 saturated carbocycles. The molecule has 2 aliphatic rings. The molecule has 0 spiro atoms.